The van der Waals surface area contributed by atoms with Crippen LogP contribution in [0.2, 0.25) is 0 Å². The van der Waals surface area contributed by atoms with Crippen molar-refractivity contribution >= 4 is 28.4 Å². The SMILES string of the molecule is Cc1cc(Nc2nccc(-c3ccc4c(ccn4-c4ccncc4)c3)n2)cnc1N1C[C@@H]2C[C@H]1CN2C. The molecule has 5 aromatic rings. The second-order valence-corrected chi connectivity index (χ2v) is 10.1. The molecule has 2 aliphatic rings. The highest BCUT2D eigenvalue weighted by molar-refractivity contribution is 5.86. The molecule has 184 valence electrons. The third-order valence-corrected chi connectivity index (χ3v) is 7.68. The topological polar surface area (TPSA) is 75.0 Å². The van der Waals surface area contributed by atoms with Crippen molar-refractivity contribution in [3.05, 3.63) is 85.1 Å². The van der Waals surface area contributed by atoms with Crippen LogP contribution in [-0.2, 0) is 0 Å². The number of likely N-dealkylation sites (N-methyl/N-ethyl adjacent to an activating group) is 1. The van der Waals surface area contributed by atoms with Gasteiger partial charge in [-0.25, -0.2) is 15.0 Å². The van der Waals surface area contributed by atoms with Gasteiger partial charge < -0.3 is 14.8 Å². The van der Waals surface area contributed by atoms with Gasteiger partial charge in [0.25, 0.3) is 0 Å². The van der Waals surface area contributed by atoms with Crippen LogP contribution < -0.4 is 10.2 Å². The fourth-order valence-corrected chi connectivity index (χ4v) is 5.80. The summed E-state index contributed by atoms with van der Waals surface area (Å²) < 4.78 is 2.16. The molecule has 2 saturated heterocycles. The van der Waals surface area contributed by atoms with Crippen molar-refractivity contribution in [1.29, 1.82) is 0 Å². The van der Waals surface area contributed by atoms with Crippen molar-refractivity contribution in [2.75, 3.05) is 30.4 Å². The quantitative estimate of drug-likeness (QED) is 0.380. The van der Waals surface area contributed by atoms with E-state index in [4.69, 9.17) is 9.97 Å². The Labute approximate surface area is 215 Å². The lowest BCUT2D eigenvalue weighted by Gasteiger charge is -2.33. The van der Waals surface area contributed by atoms with Crippen molar-refractivity contribution in [2.45, 2.75) is 25.4 Å². The van der Waals surface area contributed by atoms with Crippen LogP contribution in [0.4, 0.5) is 17.5 Å². The number of fused-ring (bicyclic) bond motifs is 3. The lowest BCUT2D eigenvalue weighted by atomic mass is 10.1. The lowest BCUT2D eigenvalue weighted by Crippen LogP contribution is -2.45. The van der Waals surface area contributed by atoms with Gasteiger partial charge >= 0.3 is 0 Å². The Morgan fingerprint density at radius 3 is 2.59 bits per heavy atom. The minimum Gasteiger partial charge on any atom is -0.350 e. The molecule has 2 fully saturated rings. The van der Waals surface area contributed by atoms with Crippen molar-refractivity contribution in [2.24, 2.45) is 0 Å². The van der Waals surface area contributed by atoms with E-state index in [2.05, 4.69) is 80.2 Å². The first kappa shape index (κ1) is 21.9. The summed E-state index contributed by atoms with van der Waals surface area (Å²) in [6.45, 7) is 4.31. The molecular formula is C29H28N8. The number of pyridine rings is 2. The highest BCUT2D eigenvalue weighted by Crippen LogP contribution is 2.35. The molecule has 0 unspecified atom stereocenters. The van der Waals surface area contributed by atoms with Crippen LogP contribution in [0.1, 0.15) is 12.0 Å². The number of aromatic nitrogens is 5. The van der Waals surface area contributed by atoms with Crippen LogP contribution in [0.25, 0.3) is 27.8 Å². The summed E-state index contributed by atoms with van der Waals surface area (Å²) in [6.07, 6.45) is 10.6. The van der Waals surface area contributed by atoms with Gasteiger partial charge in [0, 0.05) is 66.6 Å². The molecule has 7 rings (SSSR count). The molecule has 0 saturated carbocycles. The molecule has 2 bridgehead atoms. The first-order chi connectivity index (χ1) is 18.1. The number of rotatable bonds is 5. The Morgan fingerprint density at radius 2 is 1.81 bits per heavy atom. The third kappa shape index (κ3) is 3.90. The molecule has 4 aromatic heterocycles. The molecule has 6 heterocycles. The average molecular weight is 489 g/mol. The highest BCUT2D eigenvalue weighted by Gasteiger charge is 2.42. The molecule has 2 aliphatic heterocycles. The fourth-order valence-electron chi connectivity index (χ4n) is 5.80. The van der Waals surface area contributed by atoms with Gasteiger partial charge in [-0.1, -0.05) is 6.07 Å². The summed E-state index contributed by atoms with van der Waals surface area (Å²) in [5.41, 5.74) is 6.21. The summed E-state index contributed by atoms with van der Waals surface area (Å²) >= 11 is 0. The largest absolute Gasteiger partial charge is 0.350 e. The van der Waals surface area contributed by atoms with Crippen molar-refractivity contribution < 1.29 is 0 Å². The van der Waals surface area contributed by atoms with Crippen LogP contribution >= 0.6 is 0 Å². The number of likely N-dealkylation sites (tertiary alicyclic amines) is 1. The summed E-state index contributed by atoms with van der Waals surface area (Å²) in [4.78, 5) is 23.1. The third-order valence-electron chi connectivity index (χ3n) is 7.68. The molecule has 8 heteroatoms. The maximum Gasteiger partial charge on any atom is 0.227 e. The van der Waals surface area contributed by atoms with Gasteiger partial charge in [0.1, 0.15) is 5.82 Å². The summed E-state index contributed by atoms with van der Waals surface area (Å²) in [5, 5.41) is 4.51. The molecule has 1 aromatic carbocycles. The number of hydrogen-bond acceptors (Lipinski definition) is 7. The molecule has 0 amide bonds. The fraction of sp³-hybridized carbons (Fsp3) is 0.241. The molecular weight excluding hydrogens is 460 g/mol. The van der Waals surface area contributed by atoms with Gasteiger partial charge in [0.05, 0.1) is 23.1 Å². The molecule has 0 aliphatic carbocycles. The van der Waals surface area contributed by atoms with Crippen molar-refractivity contribution in [3.63, 3.8) is 0 Å². The summed E-state index contributed by atoms with van der Waals surface area (Å²) in [7, 11) is 2.22. The Balaban J connectivity index is 1.12. The molecule has 8 nitrogen and oxygen atoms in total. The Kier molecular flexibility index (Phi) is 5.14. The predicted molar refractivity (Wildman–Crippen MR) is 147 cm³/mol. The van der Waals surface area contributed by atoms with E-state index in [0.717, 1.165) is 52.4 Å². The number of nitrogens with one attached hydrogen (secondary N) is 1. The zero-order chi connectivity index (χ0) is 24.9. The number of piperazine rings is 1. The van der Waals surface area contributed by atoms with Gasteiger partial charge in [-0.05, 0) is 68.4 Å². The molecule has 37 heavy (non-hydrogen) atoms. The first-order valence-electron chi connectivity index (χ1n) is 12.7. The van der Waals surface area contributed by atoms with Crippen LogP contribution in [0.3, 0.4) is 0 Å². The van der Waals surface area contributed by atoms with E-state index in [1.165, 1.54) is 12.0 Å². The van der Waals surface area contributed by atoms with E-state index in [1.807, 2.05) is 36.8 Å². The summed E-state index contributed by atoms with van der Waals surface area (Å²) in [6, 6.07) is 17.8. The van der Waals surface area contributed by atoms with Crippen LogP contribution in [0.15, 0.2) is 79.5 Å². The number of benzene rings is 1. The number of aryl methyl sites for hydroxylation is 1. The zero-order valence-corrected chi connectivity index (χ0v) is 20.9. The second kappa shape index (κ2) is 8.67. The Hall–Kier alpha value is -4.30. The van der Waals surface area contributed by atoms with Gasteiger partial charge in [0.15, 0.2) is 0 Å². The van der Waals surface area contributed by atoms with E-state index >= 15 is 0 Å². The molecule has 0 radical (unpaired) electrons. The highest BCUT2D eigenvalue weighted by atomic mass is 15.4. The van der Waals surface area contributed by atoms with Crippen molar-refractivity contribution in [1.82, 2.24) is 29.4 Å². The maximum absolute atomic E-state index is 4.83. The number of hydrogen-bond donors (Lipinski definition) is 1. The van der Waals surface area contributed by atoms with E-state index in [0.29, 0.717) is 18.0 Å². The van der Waals surface area contributed by atoms with E-state index in [9.17, 15) is 0 Å². The minimum absolute atomic E-state index is 0.558. The van der Waals surface area contributed by atoms with E-state index in [1.54, 1.807) is 6.20 Å². The van der Waals surface area contributed by atoms with Gasteiger partial charge in [0.2, 0.25) is 5.95 Å². The predicted octanol–water partition coefficient (Wildman–Crippen LogP) is 4.82. The number of anilines is 3. The normalized spacial score (nSPS) is 19.1. The van der Waals surface area contributed by atoms with Crippen LogP contribution in [-0.4, -0.2) is 61.6 Å². The van der Waals surface area contributed by atoms with Gasteiger partial charge in [-0.3, -0.25) is 9.88 Å². The maximum atomic E-state index is 4.83. The van der Waals surface area contributed by atoms with Gasteiger partial charge in [-0.15, -0.1) is 0 Å². The summed E-state index contributed by atoms with van der Waals surface area (Å²) in [5.74, 6) is 1.65. The Bertz CT molecular complexity index is 1590. The Morgan fingerprint density at radius 1 is 0.919 bits per heavy atom. The second-order valence-electron chi connectivity index (χ2n) is 10.1. The zero-order valence-electron chi connectivity index (χ0n) is 20.9. The van der Waals surface area contributed by atoms with E-state index in [-0.39, 0.29) is 0 Å². The monoisotopic (exact) mass is 488 g/mol. The standard InChI is InChI=1S/C29H28N8/c1-19-13-22(16-32-28(19)37-18-24-15-25(37)17-35(24)2)33-29-31-11-7-26(34-29)20-3-4-27-21(14-20)8-12-36(27)23-5-9-30-10-6-23/h3-14,16,24-25H,15,17-18H2,1-2H3,(H,31,33,34)/t24-,25-/m0/s1. The average Bonchev–Trinajstić information content (AvgIpc) is 3.63. The first-order valence-corrected chi connectivity index (χ1v) is 12.7. The lowest BCUT2D eigenvalue weighted by molar-refractivity contribution is 0.292. The van der Waals surface area contributed by atoms with Crippen LogP contribution in [0, 0.1) is 6.92 Å². The van der Waals surface area contributed by atoms with Crippen molar-refractivity contribution in [3.8, 4) is 16.9 Å². The molecule has 1 N–H and O–H groups in total. The van der Waals surface area contributed by atoms with Crippen LogP contribution in [0.5, 0.6) is 0 Å². The molecule has 2 atom stereocenters. The molecule has 0 spiro atoms. The van der Waals surface area contributed by atoms with E-state index < -0.39 is 0 Å². The minimum atomic E-state index is 0.558. The number of nitrogens with zero attached hydrogens (tertiary/aromatic N) is 7. The van der Waals surface area contributed by atoms with Gasteiger partial charge in [-0.2, -0.15) is 0 Å². The smallest absolute Gasteiger partial charge is 0.227 e.